The van der Waals surface area contributed by atoms with E-state index in [1.54, 1.807) is 0 Å². The van der Waals surface area contributed by atoms with Crippen LogP contribution in [0.1, 0.15) is 12.8 Å². The van der Waals surface area contributed by atoms with Gasteiger partial charge in [-0.15, -0.1) is 0 Å². The van der Waals surface area contributed by atoms with Crippen LogP contribution < -0.4 is 15.7 Å². The quantitative estimate of drug-likeness (QED) is 0.832. The van der Waals surface area contributed by atoms with Gasteiger partial charge in [-0.1, -0.05) is 36.4 Å². The third-order valence-corrected chi connectivity index (χ3v) is 6.92. The summed E-state index contributed by atoms with van der Waals surface area (Å²) >= 11 is 0. The fourth-order valence-electron chi connectivity index (χ4n) is 2.98. The first kappa shape index (κ1) is 15.5. The second kappa shape index (κ2) is 7.23. The van der Waals surface area contributed by atoms with E-state index in [2.05, 4.69) is 9.99 Å². The van der Waals surface area contributed by atoms with Crippen molar-refractivity contribution in [2.24, 2.45) is 0 Å². The summed E-state index contributed by atoms with van der Waals surface area (Å²) < 4.78 is 13.7. The molecule has 1 aliphatic heterocycles. The van der Waals surface area contributed by atoms with Crippen LogP contribution in [0.2, 0.25) is 0 Å². The maximum Gasteiger partial charge on any atom is 0.204 e. The molecule has 0 unspecified atom stereocenters. The second-order valence-corrected chi connectivity index (χ2v) is 8.30. The Kier molecular flexibility index (Phi) is 5.09. The van der Waals surface area contributed by atoms with Crippen molar-refractivity contribution in [3.8, 4) is 0 Å². The zero-order valence-corrected chi connectivity index (χ0v) is 13.7. The molecule has 1 heterocycles. The van der Waals surface area contributed by atoms with Crippen LogP contribution in [0.15, 0.2) is 60.7 Å². The van der Waals surface area contributed by atoms with Crippen LogP contribution in [-0.2, 0) is 4.57 Å². The molecule has 0 aromatic heterocycles. The summed E-state index contributed by atoms with van der Waals surface area (Å²) in [5.41, 5.74) is 0. The molecule has 0 radical (unpaired) electrons. The van der Waals surface area contributed by atoms with Crippen molar-refractivity contribution < 1.29 is 4.57 Å². The molecule has 1 aliphatic rings. The standard InChI is InChI=1S/C18H23N2OP/c21-22(17-9-3-1-4-10-17,18-11-5-2-6-12-18)19-13-16-20-14-7-8-15-20/h1-6,9-12H,7-8,13-16H2,(H,19,21). The average molecular weight is 314 g/mol. The van der Waals surface area contributed by atoms with Crippen molar-refractivity contribution in [3.05, 3.63) is 60.7 Å². The lowest BCUT2D eigenvalue weighted by molar-refractivity contribution is 0.344. The number of rotatable bonds is 6. The SMILES string of the molecule is O=P(NCCN1CCCC1)(c1ccccc1)c1ccccc1. The van der Waals surface area contributed by atoms with Gasteiger partial charge in [-0.05, 0) is 50.2 Å². The molecule has 0 spiro atoms. The van der Waals surface area contributed by atoms with Crippen molar-refractivity contribution in [3.63, 3.8) is 0 Å². The smallest absolute Gasteiger partial charge is 0.204 e. The first-order chi connectivity index (χ1) is 10.8. The van der Waals surface area contributed by atoms with E-state index in [0.717, 1.165) is 23.7 Å². The molecule has 0 atom stereocenters. The van der Waals surface area contributed by atoms with Crippen LogP contribution in [0.25, 0.3) is 0 Å². The maximum absolute atomic E-state index is 13.7. The minimum atomic E-state index is -2.76. The number of nitrogens with zero attached hydrogens (tertiary/aromatic N) is 1. The van der Waals surface area contributed by atoms with Crippen LogP contribution in [0.5, 0.6) is 0 Å². The van der Waals surface area contributed by atoms with Gasteiger partial charge in [-0.25, -0.2) is 0 Å². The summed E-state index contributed by atoms with van der Waals surface area (Å²) in [7, 11) is -2.76. The van der Waals surface area contributed by atoms with Gasteiger partial charge in [0.05, 0.1) is 0 Å². The molecule has 116 valence electrons. The predicted octanol–water partition coefficient (Wildman–Crippen LogP) is 2.60. The Labute approximate surface area is 132 Å². The topological polar surface area (TPSA) is 32.3 Å². The van der Waals surface area contributed by atoms with Crippen LogP contribution >= 0.6 is 7.29 Å². The van der Waals surface area contributed by atoms with Gasteiger partial charge < -0.3 is 4.90 Å². The third kappa shape index (κ3) is 3.49. The average Bonchev–Trinajstić information content (AvgIpc) is 3.10. The fraction of sp³-hybridized carbons (Fsp3) is 0.333. The highest BCUT2D eigenvalue weighted by atomic mass is 31.2. The molecule has 2 aromatic rings. The summed E-state index contributed by atoms with van der Waals surface area (Å²) in [6.07, 6.45) is 2.57. The van der Waals surface area contributed by atoms with Crippen molar-refractivity contribution in [1.82, 2.24) is 9.99 Å². The van der Waals surface area contributed by atoms with E-state index in [-0.39, 0.29) is 0 Å². The van der Waals surface area contributed by atoms with Gasteiger partial charge in [0, 0.05) is 23.7 Å². The van der Waals surface area contributed by atoms with Crippen molar-refractivity contribution in [2.75, 3.05) is 26.2 Å². The Balaban J connectivity index is 1.79. The molecule has 1 N–H and O–H groups in total. The lowest BCUT2D eigenvalue weighted by Gasteiger charge is -2.22. The molecule has 2 aromatic carbocycles. The highest BCUT2D eigenvalue weighted by Gasteiger charge is 2.26. The van der Waals surface area contributed by atoms with Crippen LogP contribution in [0.4, 0.5) is 0 Å². The predicted molar refractivity (Wildman–Crippen MR) is 93.4 cm³/mol. The molecule has 3 rings (SSSR count). The summed E-state index contributed by atoms with van der Waals surface area (Å²) in [6.45, 7) is 4.05. The second-order valence-electron chi connectivity index (χ2n) is 5.74. The molecule has 0 aliphatic carbocycles. The Morgan fingerprint density at radius 1 is 0.864 bits per heavy atom. The zero-order chi connectivity index (χ0) is 15.3. The Morgan fingerprint density at radius 2 is 1.36 bits per heavy atom. The molecule has 22 heavy (non-hydrogen) atoms. The largest absolute Gasteiger partial charge is 0.302 e. The number of likely N-dealkylation sites (tertiary alicyclic amines) is 1. The Bertz CT molecular complexity index is 581. The molecular weight excluding hydrogens is 291 g/mol. The molecule has 0 bridgehead atoms. The number of nitrogens with one attached hydrogen (secondary N) is 1. The first-order valence-electron chi connectivity index (χ1n) is 7.98. The summed E-state index contributed by atoms with van der Waals surface area (Å²) in [5, 5.41) is 5.12. The van der Waals surface area contributed by atoms with Gasteiger partial charge in [0.25, 0.3) is 0 Å². The Hall–Kier alpha value is -1.41. The van der Waals surface area contributed by atoms with Gasteiger partial charge in [0.1, 0.15) is 0 Å². The summed E-state index contributed by atoms with van der Waals surface area (Å²) in [6, 6.07) is 19.5. The van der Waals surface area contributed by atoms with E-state index in [9.17, 15) is 4.57 Å². The van der Waals surface area contributed by atoms with Crippen LogP contribution in [0, 0.1) is 0 Å². The van der Waals surface area contributed by atoms with E-state index in [4.69, 9.17) is 0 Å². The molecule has 3 nitrogen and oxygen atoms in total. The minimum absolute atomic E-state index is 0.751. The third-order valence-electron chi connectivity index (χ3n) is 4.20. The zero-order valence-electron chi connectivity index (χ0n) is 12.8. The Morgan fingerprint density at radius 3 is 1.86 bits per heavy atom. The highest BCUT2D eigenvalue weighted by Crippen LogP contribution is 2.38. The normalized spacial score (nSPS) is 16.0. The van der Waals surface area contributed by atoms with Gasteiger partial charge in [0.2, 0.25) is 7.29 Å². The van der Waals surface area contributed by atoms with Gasteiger partial charge >= 0.3 is 0 Å². The van der Waals surface area contributed by atoms with Gasteiger partial charge in [-0.2, -0.15) is 0 Å². The van der Waals surface area contributed by atoms with Gasteiger partial charge in [0.15, 0.2) is 0 Å². The van der Waals surface area contributed by atoms with Crippen LogP contribution in [-0.4, -0.2) is 31.1 Å². The summed E-state index contributed by atoms with van der Waals surface area (Å²) in [4.78, 5) is 2.44. The fourth-order valence-corrected chi connectivity index (χ4v) is 5.24. The van der Waals surface area contributed by atoms with Crippen LogP contribution in [0.3, 0.4) is 0 Å². The lowest BCUT2D eigenvalue weighted by atomic mass is 10.4. The van der Waals surface area contributed by atoms with Gasteiger partial charge in [-0.3, -0.25) is 9.65 Å². The minimum Gasteiger partial charge on any atom is -0.302 e. The van der Waals surface area contributed by atoms with E-state index < -0.39 is 7.29 Å². The highest BCUT2D eigenvalue weighted by molar-refractivity contribution is 7.76. The lowest BCUT2D eigenvalue weighted by Crippen LogP contribution is -2.34. The molecule has 1 saturated heterocycles. The van der Waals surface area contributed by atoms with E-state index in [1.807, 2.05) is 60.7 Å². The molecule has 1 fully saturated rings. The van der Waals surface area contributed by atoms with Crippen molar-refractivity contribution >= 4 is 17.9 Å². The van der Waals surface area contributed by atoms with E-state index in [1.165, 1.54) is 25.9 Å². The van der Waals surface area contributed by atoms with Crippen molar-refractivity contribution in [1.29, 1.82) is 0 Å². The molecule has 0 saturated carbocycles. The van der Waals surface area contributed by atoms with E-state index in [0.29, 0.717) is 0 Å². The maximum atomic E-state index is 13.7. The molecule has 0 amide bonds. The first-order valence-corrected chi connectivity index (χ1v) is 9.68. The number of benzene rings is 2. The van der Waals surface area contributed by atoms with Crippen molar-refractivity contribution in [2.45, 2.75) is 12.8 Å². The van der Waals surface area contributed by atoms with E-state index >= 15 is 0 Å². The number of hydrogen-bond acceptors (Lipinski definition) is 2. The monoisotopic (exact) mass is 314 g/mol. The number of hydrogen-bond donors (Lipinski definition) is 1. The summed E-state index contributed by atoms with van der Waals surface area (Å²) in [5.74, 6) is 0. The molecular formula is C18H23N2OP. The molecule has 4 heteroatoms.